The lowest BCUT2D eigenvalue weighted by Crippen LogP contribution is -2.35. The third-order valence-electron chi connectivity index (χ3n) is 3.33. The zero-order valence-electron chi connectivity index (χ0n) is 10.7. The van der Waals surface area contributed by atoms with Crippen LogP contribution in [0.4, 0.5) is 0 Å². The van der Waals surface area contributed by atoms with Crippen molar-refractivity contribution in [2.75, 3.05) is 13.1 Å². The second-order valence-electron chi connectivity index (χ2n) is 4.67. The van der Waals surface area contributed by atoms with Crippen molar-refractivity contribution in [3.05, 3.63) is 29.3 Å². The summed E-state index contributed by atoms with van der Waals surface area (Å²) < 4.78 is 0. The van der Waals surface area contributed by atoms with E-state index in [-0.39, 0.29) is 11.9 Å². The molecule has 1 amide bonds. The number of hydrogen-bond acceptors (Lipinski definition) is 3. The van der Waals surface area contributed by atoms with Crippen molar-refractivity contribution in [3.8, 4) is 5.75 Å². The van der Waals surface area contributed by atoms with Crippen molar-refractivity contribution in [2.45, 2.75) is 32.2 Å². The molecule has 0 saturated carbocycles. The molecule has 0 fully saturated rings. The largest absolute Gasteiger partial charge is 0.508 e. The lowest BCUT2D eigenvalue weighted by atomic mass is 10.1. The molecule has 1 aromatic carbocycles. The SMILES string of the molecule is CCCNC(=O)CNC1CCc2c(O)cccc21. The zero-order chi connectivity index (χ0) is 13.0. The molecule has 0 bridgehead atoms. The van der Waals surface area contributed by atoms with Crippen molar-refractivity contribution in [3.63, 3.8) is 0 Å². The highest BCUT2D eigenvalue weighted by molar-refractivity contribution is 5.78. The third kappa shape index (κ3) is 2.82. The summed E-state index contributed by atoms with van der Waals surface area (Å²) in [5.74, 6) is 0.401. The van der Waals surface area contributed by atoms with Crippen LogP contribution >= 0.6 is 0 Å². The third-order valence-corrected chi connectivity index (χ3v) is 3.33. The fraction of sp³-hybridized carbons (Fsp3) is 0.500. The molecule has 1 aliphatic rings. The summed E-state index contributed by atoms with van der Waals surface area (Å²) in [6, 6.07) is 5.77. The van der Waals surface area contributed by atoms with Crippen molar-refractivity contribution in [1.29, 1.82) is 0 Å². The maximum atomic E-state index is 11.5. The number of nitrogens with one attached hydrogen (secondary N) is 2. The van der Waals surface area contributed by atoms with Crippen LogP contribution in [0.2, 0.25) is 0 Å². The number of phenols is 1. The second kappa shape index (κ2) is 5.87. The van der Waals surface area contributed by atoms with Crippen LogP contribution in [0.3, 0.4) is 0 Å². The normalized spacial score (nSPS) is 17.5. The Hall–Kier alpha value is -1.55. The van der Waals surface area contributed by atoms with Gasteiger partial charge >= 0.3 is 0 Å². The molecule has 1 aromatic rings. The van der Waals surface area contributed by atoms with Gasteiger partial charge in [-0.15, -0.1) is 0 Å². The minimum Gasteiger partial charge on any atom is -0.508 e. The Bertz CT molecular complexity index is 432. The molecule has 0 radical (unpaired) electrons. The summed E-state index contributed by atoms with van der Waals surface area (Å²) in [5, 5.41) is 15.8. The molecule has 18 heavy (non-hydrogen) atoms. The summed E-state index contributed by atoms with van der Waals surface area (Å²) in [6.45, 7) is 3.09. The van der Waals surface area contributed by atoms with E-state index < -0.39 is 0 Å². The standard InChI is InChI=1S/C14H20N2O2/c1-2-8-15-14(18)9-16-12-7-6-11-10(12)4-3-5-13(11)17/h3-5,12,16-17H,2,6-9H2,1H3,(H,15,18). The van der Waals surface area contributed by atoms with Crippen LogP contribution in [0.25, 0.3) is 0 Å². The first kappa shape index (κ1) is 12.9. The molecule has 0 spiro atoms. The minimum atomic E-state index is 0.0328. The topological polar surface area (TPSA) is 61.4 Å². The van der Waals surface area contributed by atoms with E-state index in [9.17, 15) is 9.90 Å². The van der Waals surface area contributed by atoms with Gasteiger partial charge in [0, 0.05) is 12.6 Å². The Morgan fingerprint density at radius 2 is 2.33 bits per heavy atom. The number of rotatable bonds is 5. The van der Waals surface area contributed by atoms with Crippen LogP contribution in [-0.2, 0) is 11.2 Å². The number of aromatic hydroxyl groups is 1. The molecule has 1 unspecified atom stereocenters. The first-order valence-electron chi connectivity index (χ1n) is 6.53. The highest BCUT2D eigenvalue weighted by Crippen LogP contribution is 2.35. The minimum absolute atomic E-state index is 0.0328. The van der Waals surface area contributed by atoms with E-state index in [1.807, 2.05) is 19.1 Å². The fourth-order valence-electron chi connectivity index (χ4n) is 2.39. The van der Waals surface area contributed by atoms with E-state index in [4.69, 9.17) is 0 Å². The molecule has 0 aliphatic heterocycles. The van der Waals surface area contributed by atoms with Crippen LogP contribution in [-0.4, -0.2) is 24.1 Å². The molecule has 4 heteroatoms. The molecule has 98 valence electrons. The predicted octanol–water partition coefficient (Wildman–Crippen LogP) is 1.50. The lowest BCUT2D eigenvalue weighted by molar-refractivity contribution is -0.120. The van der Waals surface area contributed by atoms with Crippen LogP contribution in [0.1, 0.15) is 36.9 Å². The average molecular weight is 248 g/mol. The van der Waals surface area contributed by atoms with Crippen LogP contribution in [0.5, 0.6) is 5.75 Å². The maximum absolute atomic E-state index is 11.5. The van der Waals surface area contributed by atoms with E-state index >= 15 is 0 Å². The van der Waals surface area contributed by atoms with E-state index in [0.717, 1.165) is 36.9 Å². The Morgan fingerprint density at radius 3 is 3.11 bits per heavy atom. The first-order valence-corrected chi connectivity index (χ1v) is 6.53. The fourth-order valence-corrected chi connectivity index (χ4v) is 2.39. The van der Waals surface area contributed by atoms with Crippen molar-refractivity contribution >= 4 is 5.91 Å². The number of carbonyl (C=O) groups excluding carboxylic acids is 1. The highest BCUT2D eigenvalue weighted by atomic mass is 16.3. The molecule has 0 saturated heterocycles. The predicted molar refractivity (Wildman–Crippen MR) is 70.5 cm³/mol. The highest BCUT2D eigenvalue weighted by Gasteiger charge is 2.24. The summed E-state index contributed by atoms with van der Waals surface area (Å²) in [4.78, 5) is 11.5. The summed E-state index contributed by atoms with van der Waals surface area (Å²) in [7, 11) is 0. The zero-order valence-corrected chi connectivity index (χ0v) is 10.7. The van der Waals surface area contributed by atoms with E-state index in [1.165, 1.54) is 0 Å². The van der Waals surface area contributed by atoms with Gasteiger partial charge in [0.2, 0.25) is 5.91 Å². The quantitative estimate of drug-likeness (QED) is 0.740. The molecule has 3 N–H and O–H groups in total. The van der Waals surface area contributed by atoms with Gasteiger partial charge in [-0.1, -0.05) is 19.1 Å². The Kier molecular flexibility index (Phi) is 4.20. The second-order valence-corrected chi connectivity index (χ2v) is 4.67. The van der Waals surface area contributed by atoms with Crippen molar-refractivity contribution < 1.29 is 9.90 Å². The van der Waals surface area contributed by atoms with Crippen LogP contribution < -0.4 is 10.6 Å². The van der Waals surface area contributed by atoms with Gasteiger partial charge in [0.1, 0.15) is 5.75 Å². The maximum Gasteiger partial charge on any atom is 0.233 e. The van der Waals surface area contributed by atoms with Gasteiger partial charge in [-0.3, -0.25) is 4.79 Å². The molecule has 0 heterocycles. The molecule has 1 aliphatic carbocycles. The average Bonchev–Trinajstić information content (AvgIpc) is 2.78. The smallest absolute Gasteiger partial charge is 0.233 e. The Labute approximate surface area is 107 Å². The van der Waals surface area contributed by atoms with Crippen LogP contribution in [0, 0.1) is 0 Å². The molecule has 2 rings (SSSR count). The Balaban J connectivity index is 1.90. The Morgan fingerprint density at radius 1 is 1.50 bits per heavy atom. The number of fused-ring (bicyclic) bond motifs is 1. The first-order chi connectivity index (χ1) is 8.72. The lowest BCUT2D eigenvalue weighted by Gasteiger charge is -2.14. The summed E-state index contributed by atoms with van der Waals surface area (Å²) >= 11 is 0. The molecule has 0 aromatic heterocycles. The summed E-state index contributed by atoms with van der Waals surface area (Å²) in [6.07, 6.45) is 2.76. The van der Waals surface area contributed by atoms with Gasteiger partial charge < -0.3 is 15.7 Å². The van der Waals surface area contributed by atoms with Gasteiger partial charge in [0.25, 0.3) is 0 Å². The van der Waals surface area contributed by atoms with Gasteiger partial charge in [0.05, 0.1) is 6.54 Å². The number of carbonyl (C=O) groups is 1. The van der Waals surface area contributed by atoms with E-state index in [1.54, 1.807) is 6.07 Å². The molecular formula is C14H20N2O2. The molecular weight excluding hydrogens is 228 g/mol. The number of hydrogen-bond donors (Lipinski definition) is 3. The van der Waals surface area contributed by atoms with Gasteiger partial charge in [-0.2, -0.15) is 0 Å². The summed E-state index contributed by atoms with van der Waals surface area (Å²) in [5.41, 5.74) is 2.14. The molecule has 4 nitrogen and oxygen atoms in total. The monoisotopic (exact) mass is 248 g/mol. The van der Waals surface area contributed by atoms with Crippen molar-refractivity contribution in [2.24, 2.45) is 0 Å². The number of amides is 1. The van der Waals surface area contributed by atoms with Crippen LogP contribution in [0.15, 0.2) is 18.2 Å². The van der Waals surface area contributed by atoms with Crippen molar-refractivity contribution in [1.82, 2.24) is 10.6 Å². The number of benzene rings is 1. The number of phenolic OH excluding ortho intramolecular Hbond substituents is 1. The van der Waals surface area contributed by atoms with Gasteiger partial charge in [-0.25, -0.2) is 0 Å². The van der Waals surface area contributed by atoms with Gasteiger partial charge in [0.15, 0.2) is 0 Å². The van der Waals surface area contributed by atoms with E-state index in [2.05, 4.69) is 10.6 Å². The molecule has 1 atom stereocenters. The van der Waals surface area contributed by atoms with E-state index in [0.29, 0.717) is 12.3 Å². The van der Waals surface area contributed by atoms with Gasteiger partial charge in [-0.05, 0) is 36.5 Å².